The zero-order valence-electron chi connectivity index (χ0n) is 18.8. The first-order valence-corrected chi connectivity index (χ1v) is 12.0. The molecule has 0 unspecified atom stereocenters. The quantitative estimate of drug-likeness (QED) is 0.513. The molecule has 1 aliphatic rings. The molecule has 0 radical (unpaired) electrons. The number of thiazole rings is 1. The fourth-order valence-electron chi connectivity index (χ4n) is 3.98. The predicted octanol–water partition coefficient (Wildman–Crippen LogP) is 3.12. The van der Waals surface area contributed by atoms with Crippen LogP contribution >= 0.6 is 11.3 Å². The van der Waals surface area contributed by atoms with Crippen molar-refractivity contribution in [2.45, 2.75) is 51.6 Å². The molecule has 0 aliphatic carbocycles. The highest BCUT2D eigenvalue weighted by molar-refractivity contribution is 7.09. The fourth-order valence-corrected chi connectivity index (χ4v) is 4.94. The Labute approximate surface area is 195 Å². The third-order valence-electron chi connectivity index (χ3n) is 5.79. The zero-order chi connectivity index (χ0) is 23.5. The number of rotatable bonds is 7. The first kappa shape index (κ1) is 23.1. The molecule has 1 fully saturated rings. The zero-order valence-corrected chi connectivity index (χ0v) is 19.6. The summed E-state index contributed by atoms with van der Waals surface area (Å²) in [5.74, 6) is -0.319. The predicted molar refractivity (Wildman–Crippen MR) is 129 cm³/mol. The second kappa shape index (κ2) is 9.84. The van der Waals surface area contributed by atoms with Crippen LogP contribution in [0.1, 0.15) is 54.4 Å². The molecule has 33 heavy (non-hydrogen) atoms. The molecule has 1 atom stereocenters. The number of nitrogens with zero attached hydrogens (tertiary/aromatic N) is 4. The highest BCUT2D eigenvalue weighted by Crippen LogP contribution is 2.23. The van der Waals surface area contributed by atoms with E-state index in [1.165, 1.54) is 10.5 Å². The standard InChI is InChI=1S/C24H28N4O4S/c1-15(2)19-14-33-21(25-19)7-5-16-9-11-28-20(12-16)26-23(27-10-3-4-17(29)13-27)18(24(28)32)6-8-22(30)31/h6,8-9,11-12,14-15,17,29H,3-5,7,10,13H2,1-2H3,(H,30,31)/b8-6+/t17-/m0/s1. The van der Waals surface area contributed by atoms with Crippen LogP contribution in [0.2, 0.25) is 0 Å². The number of carbonyl (C=O) groups is 1. The number of aliphatic carboxylic acids is 1. The minimum absolute atomic E-state index is 0.209. The number of β-amino-alcohol motifs (C(OH)–C–C–N with tert-alkyl or cyclic N) is 1. The van der Waals surface area contributed by atoms with Crippen molar-refractivity contribution in [2.24, 2.45) is 0 Å². The number of aromatic nitrogens is 3. The summed E-state index contributed by atoms with van der Waals surface area (Å²) in [7, 11) is 0. The third kappa shape index (κ3) is 5.31. The number of aryl methyl sites for hydroxylation is 2. The van der Waals surface area contributed by atoms with E-state index in [-0.39, 0.29) is 11.1 Å². The Morgan fingerprint density at radius 3 is 2.85 bits per heavy atom. The lowest BCUT2D eigenvalue weighted by Crippen LogP contribution is -2.40. The molecule has 1 saturated heterocycles. The smallest absolute Gasteiger partial charge is 0.328 e. The van der Waals surface area contributed by atoms with Crippen LogP contribution in [0, 0.1) is 0 Å². The number of anilines is 1. The number of fused-ring (bicyclic) bond motifs is 1. The van der Waals surface area contributed by atoms with Crippen molar-refractivity contribution in [3.63, 3.8) is 0 Å². The molecule has 0 amide bonds. The summed E-state index contributed by atoms with van der Waals surface area (Å²) in [6.07, 6.45) is 6.48. The van der Waals surface area contributed by atoms with E-state index in [0.717, 1.165) is 41.6 Å². The topological polar surface area (TPSA) is 108 Å². The molecule has 174 valence electrons. The number of aliphatic hydroxyl groups is 1. The average Bonchev–Trinajstić information content (AvgIpc) is 3.26. The van der Waals surface area contributed by atoms with Gasteiger partial charge in [0.25, 0.3) is 5.56 Å². The van der Waals surface area contributed by atoms with E-state index >= 15 is 0 Å². The molecule has 9 heteroatoms. The van der Waals surface area contributed by atoms with Crippen molar-refractivity contribution >= 4 is 34.8 Å². The molecule has 0 aromatic carbocycles. The van der Waals surface area contributed by atoms with Crippen molar-refractivity contribution in [2.75, 3.05) is 18.0 Å². The van der Waals surface area contributed by atoms with E-state index in [0.29, 0.717) is 36.9 Å². The van der Waals surface area contributed by atoms with Gasteiger partial charge in [-0.25, -0.2) is 14.8 Å². The maximum absolute atomic E-state index is 13.2. The van der Waals surface area contributed by atoms with Gasteiger partial charge in [0.15, 0.2) is 0 Å². The Kier molecular flexibility index (Phi) is 6.90. The van der Waals surface area contributed by atoms with Crippen molar-refractivity contribution in [1.29, 1.82) is 0 Å². The SMILES string of the molecule is CC(C)c1csc(CCc2ccn3c(=O)c(/C=C/C(=O)O)c(N4CCC[C@H](O)C4)nc3c2)n1. The summed E-state index contributed by atoms with van der Waals surface area (Å²) in [6, 6.07) is 3.79. The van der Waals surface area contributed by atoms with Gasteiger partial charge in [-0.3, -0.25) is 9.20 Å². The third-order valence-corrected chi connectivity index (χ3v) is 6.71. The normalized spacial score (nSPS) is 16.8. The summed E-state index contributed by atoms with van der Waals surface area (Å²) in [4.78, 5) is 35.6. The maximum Gasteiger partial charge on any atom is 0.328 e. The van der Waals surface area contributed by atoms with Gasteiger partial charge in [-0.15, -0.1) is 11.3 Å². The molecule has 0 saturated carbocycles. The monoisotopic (exact) mass is 468 g/mol. The number of carboxylic acid groups (broad SMARTS) is 1. The van der Waals surface area contributed by atoms with E-state index in [9.17, 15) is 14.7 Å². The molecular weight excluding hydrogens is 440 g/mol. The summed E-state index contributed by atoms with van der Waals surface area (Å²) in [6.45, 7) is 5.27. The van der Waals surface area contributed by atoms with E-state index in [2.05, 4.69) is 19.2 Å². The van der Waals surface area contributed by atoms with Crippen LogP contribution < -0.4 is 10.5 Å². The number of hydrogen-bond acceptors (Lipinski definition) is 7. The Morgan fingerprint density at radius 1 is 1.33 bits per heavy atom. The highest BCUT2D eigenvalue weighted by Gasteiger charge is 2.23. The number of aliphatic hydroxyl groups excluding tert-OH is 1. The number of pyridine rings is 1. The van der Waals surface area contributed by atoms with Gasteiger partial charge in [-0.2, -0.15) is 0 Å². The van der Waals surface area contributed by atoms with Gasteiger partial charge in [0.05, 0.1) is 22.4 Å². The summed E-state index contributed by atoms with van der Waals surface area (Å²) >= 11 is 1.67. The van der Waals surface area contributed by atoms with E-state index in [4.69, 9.17) is 15.1 Å². The summed E-state index contributed by atoms with van der Waals surface area (Å²) in [5, 5.41) is 22.4. The van der Waals surface area contributed by atoms with Crippen LogP contribution in [-0.4, -0.2) is 49.7 Å². The van der Waals surface area contributed by atoms with Crippen molar-refractivity contribution in [3.05, 3.63) is 62.0 Å². The second-order valence-electron chi connectivity index (χ2n) is 8.65. The van der Waals surface area contributed by atoms with Gasteiger partial charge < -0.3 is 15.1 Å². The lowest BCUT2D eigenvalue weighted by atomic mass is 10.1. The van der Waals surface area contributed by atoms with Crippen molar-refractivity contribution in [3.8, 4) is 0 Å². The molecule has 3 aromatic rings. The Hall–Kier alpha value is -3.04. The molecule has 8 nitrogen and oxygen atoms in total. The van der Waals surface area contributed by atoms with Crippen LogP contribution in [0.5, 0.6) is 0 Å². The first-order valence-electron chi connectivity index (χ1n) is 11.2. The number of carboxylic acids is 1. The Morgan fingerprint density at radius 2 is 2.15 bits per heavy atom. The van der Waals surface area contributed by atoms with Gasteiger partial charge >= 0.3 is 5.97 Å². The molecule has 3 aromatic heterocycles. The Balaban J connectivity index is 1.68. The van der Waals surface area contributed by atoms with E-state index in [1.54, 1.807) is 17.5 Å². The molecule has 2 N–H and O–H groups in total. The van der Waals surface area contributed by atoms with Gasteiger partial charge in [0.2, 0.25) is 0 Å². The number of hydrogen-bond donors (Lipinski definition) is 2. The lowest BCUT2D eigenvalue weighted by molar-refractivity contribution is -0.131. The summed E-state index contributed by atoms with van der Waals surface area (Å²) < 4.78 is 1.44. The highest BCUT2D eigenvalue weighted by atomic mass is 32.1. The molecule has 0 bridgehead atoms. The van der Waals surface area contributed by atoms with Crippen LogP contribution in [0.15, 0.2) is 34.6 Å². The largest absolute Gasteiger partial charge is 0.478 e. The van der Waals surface area contributed by atoms with Gasteiger partial charge in [0.1, 0.15) is 11.5 Å². The summed E-state index contributed by atoms with van der Waals surface area (Å²) in [5.41, 5.74) is 2.53. The van der Waals surface area contributed by atoms with Crippen molar-refractivity contribution < 1.29 is 15.0 Å². The lowest BCUT2D eigenvalue weighted by Gasteiger charge is -2.32. The molecule has 0 spiro atoms. The van der Waals surface area contributed by atoms with Crippen LogP contribution in [-0.2, 0) is 17.6 Å². The number of piperidine rings is 1. The van der Waals surface area contributed by atoms with Crippen LogP contribution in [0.4, 0.5) is 5.82 Å². The van der Waals surface area contributed by atoms with Gasteiger partial charge in [-0.1, -0.05) is 13.8 Å². The maximum atomic E-state index is 13.2. The van der Waals surface area contributed by atoms with Crippen molar-refractivity contribution in [1.82, 2.24) is 14.4 Å². The van der Waals surface area contributed by atoms with Crippen LogP contribution in [0.3, 0.4) is 0 Å². The first-order chi connectivity index (χ1) is 15.8. The van der Waals surface area contributed by atoms with Gasteiger partial charge in [-0.05, 0) is 49.0 Å². The second-order valence-corrected chi connectivity index (χ2v) is 9.59. The minimum atomic E-state index is -1.14. The van der Waals surface area contributed by atoms with Crippen LogP contribution in [0.25, 0.3) is 11.7 Å². The minimum Gasteiger partial charge on any atom is -0.478 e. The molecule has 4 rings (SSSR count). The Bertz CT molecular complexity index is 1250. The van der Waals surface area contributed by atoms with E-state index < -0.39 is 12.1 Å². The molecular formula is C24H28N4O4S. The van der Waals surface area contributed by atoms with Gasteiger partial charge in [0, 0.05) is 37.2 Å². The van der Waals surface area contributed by atoms with E-state index in [1.807, 2.05) is 17.0 Å². The fraction of sp³-hybridized carbons (Fsp3) is 0.417. The molecule has 4 heterocycles. The molecule has 1 aliphatic heterocycles. The average molecular weight is 469 g/mol.